The predicted octanol–water partition coefficient (Wildman–Crippen LogP) is 3.90. The minimum absolute atomic E-state index is 0.492. The topological polar surface area (TPSA) is 39.7 Å². The summed E-state index contributed by atoms with van der Waals surface area (Å²) in [4.78, 5) is 8.77. The Morgan fingerprint density at radius 2 is 2.07 bits per heavy atom. The van der Waals surface area contributed by atoms with Crippen molar-refractivity contribution in [2.24, 2.45) is 4.99 Å². The average molecular weight is 385 g/mol. The molecule has 4 nitrogen and oxygen atoms in total. The third-order valence-electron chi connectivity index (χ3n) is 5.14. The molecule has 1 saturated heterocycles. The van der Waals surface area contributed by atoms with Gasteiger partial charge in [0.1, 0.15) is 0 Å². The van der Waals surface area contributed by atoms with Crippen LogP contribution in [0.4, 0.5) is 0 Å². The normalized spacial score (nSPS) is 21.2. The summed E-state index contributed by atoms with van der Waals surface area (Å²) in [6.07, 6.45) is 3.33. The van der Waals surface area contributed by atoms with Crippen LogP contribution in [0.15, 0.2) is 52.8 Å². The van der Waals surface area contributed by atoms with Crippen molar-refractivity contribution in [3.8, 4) is 0 Å². The van der Waals surface area contributed by atoms with Crippen LogP contribution in [0.5, 0.6) is 0 Å². The predicted molar refractivity (Wildman–Crippen MR) is 116 cm³/mol. The van der Waals surface area contributed by atoms with Crippen molar-refractivity contribution in [3.63, 3.8) is 0 Å². The number of hydrogen-bond acceptors (Lipinski definition) is 3. The van der Waals surface area contributed by atoms with Crippen molar-refractivity contribution in [3.05, 3.63) is 58.3 Å². The van der Waals surface area contributed by atoms with Crippen molar-refractivity contribution in [2.45, 2.75) is 51.7 Å². The molecule has 5 heteroatoms. The van der Waals surface area contributed by atoms with Crippen LogP contribution in [0, 0.1) is 0 Å². The van der Waals surface area contributed by atoms with E-state index in [0.717, 1.165) is 51.4 Å². The molecule has 0 aliphatic carbocycles. The van der Waals surface area contributed by atoms with Crippen LogP contribution in [0.25, 0.3) is 0 Å². The van der Waals surface area contributed by atoms with Gasteiger partial charge in [-0.05, 0) is 43.7 Å². The van der Waals surface area contributed by atoms with E-state index in [-0.39, 0.29) is 0 Å². The van der Waals surface area contributed by atoms with Gasteiger partial charge in [0.2, 0.25) is 0 Å². The van der Waals surface area contributed by atoms with Gasteiger partial charge in [-0.2, -0.15) is 0 Å². The highest BCUT2D eigenvalue weighted by molar-refractivity contribution is 7.09. The molecule has 2 atom stereocenters. The molecule has 0 radical (unpaired) electrons. The van der Waals surface area contributed by atoms with E-state index in [4.69, 9.17) is 4.99 Å². The fraction of sp³-hybridized carbons (Fsp3) is 0.500. The second kappa shape index (κ2) is 10.5. The van der Waals surface area contributed by atoms with E-state index >= 15 is 0 Å². The molecule has 1 aromatic heterocycles. The molecule has 3 rings (SSSR count). The molecule has 1 aliphatic rings. The fourth-order valence-electron chi connectivity index (χ4n) is 3.65. The smallest absolute Gasteiger partial charge is 0.191 e. The first-order valence-electron chi connectivity index (χ1n) is 10.1. The molecule has 2 unspecified atom stereocenters. The molecular weight excluding hydrogens is 352 g/mol. The highest BCUT2D eigenvalue weighted by Crippen LogP contribution is 2.20. The maximum atomic E-state index is 4.78. The van der Waals surface area contributed by atoms with Gasteiger partial charge in [-0.1, -0.05) is 36.4 Å². The second-order valence-corrected chi connectivity index (χ2v) is 8.29. The molecule has 0 saturated carbocycles. The zero-order chi connectivity index (χ0) is 18.9. The molecule has 0 bridgehead atoms. The van der Waals surface area contributed by atoms with Crippen LogP contribution >= 0.6 is 11.3 Å². The number of thiophene rings is 1. The highest BCUT2D eigenvalue weighted by atomic mass is 32.1. The van der Waals surface area contributed by atoms with Gasteiger partial charge in [-0.15, -0.1) is 11.3 Å². The number of aliphatic imine (C=N–C) groups is 1. The number of benzene rings is 1. The SMILES string of the molecule is CCNC(=NCCc1cccs1)NC1CCN(Cc2ccccc2)C(C)C1. The maximum absolute atomic E-state index is 4.78. The number of rotatable bonds is 7. The summed E-state index contributed by atoms with van der Waals surface area (Å²) in [6.45, 7) is 8.37. The van der Waals surface area contributed by atoms with Gasteiger partial charge in [0, 0.05) is 49.6 Å². The monoisotopic (exact) mass is 384 g/mol. The van der Waals surface area contributed by atoms with Gasteiger partial charge in [-0.3, -0.25) is 9.89 Å². The minimum atomic E-state index is 0.492. The summed E-state index contributed by atoms with van der Waals surface area (Å²) in [5, 5.41) is 9.20. The van der Waals surface area contributed by atoms with Crippen LogP contribution in [0.2, 0.25) is 0 Å². The molecule has 0 amide bonds. The maximum Gasteiger partial charge on any atom is 0.191 e. The molecule has 1 aromatic carbocycles. The summed E-state index contributed by atoms with van der Waals surface area (Å²) in [7, 11) is 0. The Balaban J connectivity index is 1.48. The summed E-state index contributed by atoms with van der Waals surface area (Å²) in [5.74, 6) is 0.961. The Kier molecular flexibility index (Phi) is 7.72. The van der Waals surface area contributed by atoms with Crippen molar-refractivity contribution in [1.29, 1.82) is 0 Å². The van der Waals surface area contributed by atoms with E-state index in [1.54, 1.807) is 0 Å². The molecule has 2 heterocycles. The molecule has 0 spiro atoms. The van der Waals surface area contributed by atoms with Gasteiger partial charge in [0.05, 0.1) is 0 Å². The van der Waals surface area contributed by atoms with Gasteiger partial charge in [0.25, 0.3) is 0 Å². The van der Waals surface area contributed by atoms with Gasteiger partial charge in [-0.25, -0.2) is 0 Å². The number of hydrogen-bond donors (Lipinski definition) is 2. The largest absolute Gasteiger partial charge is 0.357 e. The Hall–Kier alpha value is -1.85. The van der Waals surface area contributed by atoms with E-state index < -0.39 is 0 Å². The van der Waals surface area contributed by atoms with E-state index in [0.29, 0.717) is 12.1 Å². The second-order valence-electron chi connectivity index (χ2n) is 7.26. The standard InChI is InChI=1S/C22H32N4S/c1-3-23-22(24-13-11-21-10-7-15-27-21)25-20-12-14-26(18(2)16-20)17-19-8-5-4-6-9-19/h4-10,15,18,20H,3,11-14,16-17H2,1-2H3,(H2,23,24,25). The van der Waals surface area contributed by atoms with Crippen molar-refractivity contribution in [1.82, 2.24) is 15.5 Å². The van der Waals surface area contributed by atoms with Crippen LogP contribution in [-0.2, 0) is 13.0 Å². The van der Waals surface area contributed by atoms with E-state index in [2.05, 4.69) is 77.2 Å². The molecule has 1 fully saturated rings. The highest BCUT2D eigenvalue weighted by Gasteiger charge is 2.25. The molecular formula is C22H32N4S. The quantitative estimate of drug-likeness (QED) is 0.562. The van der Waals surface area contributed by atoms with Crippen LogP contribution in [0.1, 0.15) is 37.1 Å². The zero-order valence-electron chi connectivity index (χ0n) is 16.5. The molecule has 2 aromatic rings. The average Bonchev–Trinajstić information content (AvgIpc) is 3.18. The number of likely N-dealkylation sites (tertiary alicyclic amines) is 1. The van der Waals surface area contributed by atoms with Crippen molar-refractivity contribution in [2.75, 3.05) is 19.6 Å². The minimum Gasteiger partial charge on any atom is -0.357 e. The summed E-state index contributed by atoms with van der Waals surface area (Å²) >= 11 is 1.81. The van der Waals surface area contributed by atoms with Crippen molar-refractivity contribution < 1.29 is 0 Å². The number of guanidine groups is 1. The Morgan fingerprint density at radius 3 is 2.78 bits per heavy atom. The first-order chi connectivity index (χ1) is 13.2. The molecule has 2 N–H and O–H groups in total. The lowest BCUT2D eigenvalue weighted by molar-refractivity contribution is 0.134. The van der Waals surface area contributed by atoms with E-state index in [1.807, 2.05) is 11.3 Å². The molecule has 27 heavy (non-hydrogen) atoms. The van der Waals surface area contributed by atoms with E-state index in [9.17, 15) is 0 Å². The molecule has 1 aliphatic heterocycles. The number of nitrogens with one attached hydrogen (secondary N) is 2. The van der Waals surface area contributed by atoms with E-state index in [1.165, 1.54) is 10.4 Å². The summed E-state index contributed by atoms with van der Waals surface area (Å²) in [6, 6.07) is 16.2. The third kappa shape index (κ3) is 6.36. The zero-order valence-corrected chi connectivity index (χ0v) is 17.3. The Labute approximate surface area is 167 Å². The Bertz CT molecular complexity index is 684. The third-order valence-corrected chi connectivity index (χ3v) is 6.07. The lowest BCUT2D eigenvalue weighted by Crippen LogP contribution is -2.51. The number of nitrogens with zero attached hydrogens (tertiary/aromatic N) is 2. The number of piperidine rings is 1. The summed E-state index contributed by atoms with van der Waals surface area (Å²) < 4.78 is 0. The Morgan fingerprint density at radius 1 is 1.22 bits per heavy atom. The van der Waals surface area contributed by atoms with Gasteiger partial charge < -0.3 is 10.6 Å². The van der Waals surface area contributed by atoms with Gasteiger partial charge in [0.15, 0.2) is 5.96 Å². The van der Waals surface area contributed by atoms with Crippen LogP contribution in [0.3, 0.4) is 0 Å². The molecule has 146 valence electrons. The summed E-state index contributed by atoms with van der Waals surface area (Å²) in [5.41, 5.74) is 1.40. The lowest BCUT2D eigenvalue weighted by atomic mass is 9.97. The lowest BCUT2D eigenvalue weighted by Gasteiger charge is -2.38. The van der Waals surface area contributed by atoms with Crippen LogP contribution < -0.4 is 10.6 Å². The first-order valence-corrected chi connectivity index (χ1v) is 11.0. The fourth-order valence-corrected chi connectivity index (χ4v) is 4.35. The van der Waals surface area contributed by atoms with Crippen LogP contribution in [-0.4, -0.2) is 42.6 Å². The van der Waals surface area contributed by atoms with Gasteiger partial charge >= 0.3 is 0 Å². The first kappa shape index (κ1) is 19.9. The van der Waals surface area contributed by atoms with Crippen molar-refractivity contribution >= 4 is 17.3 Å².